The molecular weight excluding hydrogens is 308 g/mol. The van der Waals surface area contributed by atoms with E-state index in [1.165, 1.54) is 0 Å². The van der Waals surface area contributed by atoms with E-state index in [-0.39, 0.29) is 36.5 Å². The maximum absolute atomic E-state index is 12.1. The van der Waals surface area contributed by atoms with Crippen molar-refractivity contribution < 1.29 is 17.7 Å². The lowest BCUT2D eigenvalue weighted by Crippen LogP contribution is -2.42. The number of hydrogen-bond donors (Lipinski definition) is 1. The molecule has 1 saturated heterocycles. The highest BCUT2D eigenvalue weighted by Gasteiger charge is 2.30. The Balaban J connectivity index is 0.00000162. The number of aromatic nitrogens is 2. The van der Waals surface area contributed by atoms with Gasteiger partial charge < -0.3 is 9.84 Å². The van der Waals surface area contributed by atoms with Crippen LogP contribution in [0.25, 0.3) is 0 Å². The fourth-order valence-corrected chi connectivity index (χ4v) is 1.67. The minimum absolute atomic E-state index is 0. The molecule has 0 amide bonds. The van der Waals surface area contributed by atoms with E-state index in [9.17, 15) is 13.2 Å². The molecule has 10 heteroatoms. The minimum Gasteiger partial charge on any atom is -0.338 e. The predicted octanol–water partition coefficient (Wildman–Crippen LogP) is 1.42. The van der Waals surface area contributed by atoms with E-state index in [2.05, 4.69) is 20.4 Å². The van der Waals surface area contributed by atoms with Crippen LogP contribution in [0.3, 0.4) is 0 Å². The normalized spacial score (nSPS) is 16.6. The molecule has 0 bridgehead atoms. The smallest absolute Gasteiger partial charge is 0.338 e. The molecule has 0 aliphatic carbocycles. The molecule has 0 unspecified atom stereocenters. The zero-order valence-electron chi connectivity index (χ0n) is 9.94. The summed E-state index contributed by atoms with van der Waals surface area (Å²) in [6, 6.07) is 0. The number of halogens is 5. The van der Waals surface area contributed by atoms with Crippen LogP contribution in [0.2, 0.25) is 0 Å². The third kappa shape index (κ3) is 6.42. The summed E-state index contributed by atoms with van der Waals surface area (Å²) in [6.45, 7) is 3.80. The number of nitrogens with one attached hydrogen (secondary N) is 1. The lowest BCUT2D eigenvalue weighted by atomic mass is 10.3. The van der Waals surface area contributed by atoms with Crippen LogP contribution in [0, 0.1) is 0 Å². The van der Waals surface area contributed by atoms with Gasteiger partial charge in [-0.15, -0.1) is 24.8 Å². The second kappa shape index (κ2) is 7.88. The Hall–Kier alpha value is -0.570. The number of rotatable bonds is 3. The lowest BCUT2D eigenvalue weighted by molar-refractivity contribution is -0.128. The van der Waals surface area contributed by atoms with Crippen molar-refractivity contribution in [2.24, 2.45) is 0 Å². The van der Waals surface area contributed by atoms with E-state index in [0.29, 0.717) is 6.54 Å². The number of piperazine rings is 1. The minimum atomic E-state index is -4.30. The first kappa shape index (κ1) is 18.4. The second-order valence-corrected chi connectivity index (χ2v) is 3.92. The van der Waals surface area contributed by atoms with Gasteiger partial charge in [-0.3, -0.25) is 4.90 Å². The summed E-state index contributed by atoms with van der Waals surface area (Å²) in [5.74, 6) is -0.0613. The first-order chi connectivity index (χ1) is 8.03. The maximum Gasteiger partial charge on any atom is 0.396 e. The molecule has 1 aliphatic rings. The van der Waals surface area contributed by atoms with Gasteiger partial charge in [0.2, 0.25) is 5.89 Å². The molecule has 0 atom stereocenters. The standard InChI is InChI=1S/C9H13F3N4O.2ClH/c10-9(11,12)5-7-14-8(17-15-7)6-16-3-1-13-2-4-16;;/h13H,1-6H2;2*1H. The van der Waals surface area contributed by atoms with Gasteiger partial charge in [0.1, 0.15) is 6.42 Å². The fourth-order valence-electron chi connectivity index (χ4n) is 1.67. The van der Waals surface area contributed by atoms with Crippen LogP contribution in [0.15, 0.2) is 4.52 Å². The molecule has 1 N–H and O–H groups in total. The summed E-state index contributed by atoms with van der Waals surface area (Å²) >= 11 is 0. The fraction of sp³-hybridized carbons (Fsp3) is 0.778. The molecular formula is C9H15Cl2F3N4O. The third-order valence-electron chi connectivity index (χ3n) is 2.44. The molecule has 1 aromatic heterocycles. The topological polar surface area (TPSA) is 54.2 Å². The van der Waals surface area contributed by atoms with Crippen LogP contribution in [0.4, 0.5) is 13.2 Å². The second-order valence-electron chi connectivity index (χ2n) is 3.92. The predicted molar refractivity (Wildman–Crippen MR) is 66.7 cm³/mol. The van der Waals surface area contributed by atoms with Gasteiger partial charge in [-0.1, -0.05) is 5.16 Å². The molecule has 0 saturated carbocycles. The van der Waals surface area contributed by atoms with Crippen molar-refractivity contribution in [3.8, 4) is 0 Å². The molecule has 5 nitrogen and oxygen atoms in total. The van der Waals surface area contributed by atoms with Gasteiger partial charge in [-0.25, -0.2) is 0 Å². The molecule has 1 aromatic rings. The van der Waals surface area contributed by atoms with E-state index < -0.39 is 12.6 Å². The highest BCUT2D eigenvalue weighted by atomic mass is 35.5. The van der Waals surface area contributed by atoms with Gasteiger partial charge in [0.05, 0.1) is 6.54 Å². The van der Waals surface area contributed by atoms with Crippen molar-refractivity contribution in [1.82, 2.24) is 20.4 Å². The number of alkyl halides is 3. The van der Waals surface area contributed by atoms with E-state index in [1.807, 2.05) is 0 Å². The van der Waals surface area contributed by atoms with Crippen molar-refractivity contribution in [2.75, 3.05) is 26.2 Å². The monoisotopic (exact) mass is 322 g/mol. The number of hydrogen-bond acceptors (Lipinski definition) is 5. The van der Waals surface area contributed by atoms with Gasteiger partial charge in [0.25, 0.3) is 0 Å². The van der Waals surface area contributed by atoms with Crippen molar-refractivity contribution in [3.05, 3.63) is 11.7 Å². The van der Waals surface area contributed by atoms with Crippen LogP contribution < -0.4 is 5.32 Å². The maximum atomic E-state index is 12.1. The zero-order chi connectivity index (χ0) is 12.3. The van der Waals surface area contributed by atoms with Crippen LogP contribution >= 0.6 is 24.8 Å². The van der Waals surface area contributed by atoms with Crippen LogP contribution in [-0.4, -0.2) is 47.4 Å². The summed E-state index contributed by atoms with van der Waals surface area (Å²) < 4.78 is 41.0. The largest absolute Gasteiger partial charge is 0.396 e. The average molecular weight is 323 g/mol. The Morgan fingerprint density at radius 1 is 1.21 bits per heavy atom. The first-order valence-electron chi connectivity index (χ1n) is 5.34. The summed E-state index contributed by atoms with van der Waals surface area (Å²) in [6.07, 6.45) is -5.44. The van der Waals surface area contributed by atoms with E-state index in [4.69, 9.17) is 4.52 Å². The first-order valence-corrected chi connectivity index (χ1v) is 5.34. The Morgan fingerprint density at radius 3 is 2.42 bits per heavy atom. The third-order valence-corrected chi connectivity index (χ3v) is 2.44. The highest BCUT2D eigenvalue weighted by Crippen LogP contribution is 2.19. The van der Waals surface area contributed by atoms with Crippen LogP contribution in [-0.2, 0) is 13.0 Å². The molecule has 0 spiro atoms. The molecule has 2 rings (SSSR count). The Labute approximate surface area is 120 Å². The molecule has 0 radical (unpaired) electrons. The number of nitrogens with zero attached hydrogens (tertiary/aromatic N) is 3. The van der Waals surface area contributed by atoms with Crippen LogP contribution in [0.1, 0.15) is 11.7 Å². The summed E-state index contributed by atoms with van der Waals surface area (Å²) in [4.78, 5) is 5.79. The molecule has 112 valence electrons. The zero-order valence-corrected chi connectivity index (χ0v) is 11.6. The summed E-state index contributed by atoms with van der Waals surface area (Å²) in [7, 11) is 0. The molecule has 1 fully saturated rings. The SMILES string of the molecule is Cl.Cl.FC(F)(F)Cc1noc(CN2CCNCC2)n1. The van der Waals surface area contributed by atoms with Crippen molar-refractivity contribution in [1.29, 1.82) is 0 Å². The van der Waals surface area contributed by atoms with E-state index in [0.717, 1.165) is 26.2 Å². The van der Waals surface area contributed by atoms with Crippen LogP contribution in [0.5, 0.6) is 0 Å². The summed E-state index contributed by atoms with van der Waals surface area (Å²) in [5.41, 5.74) is 0. The molecule has 2 heterocycles. The Bertz CT molecular complexity index is 369. The average Bonchev–Trinajstić information content (AvgIpc) is 2.64. The van der Waals surface area contributed by atoms with E-state index >= 15 is 0 Å². The molecule has 19 heavy (non-hydrogen) atoms. The van der Waals surface area contributed by atoms with Crippen molar-refractivity contribution in [2.45, 2.75) is 19.1 Å². The Kier molecular flexibility index (Phi) is 7.65. The lowest BCUT2D eigenvalue weighted by Gasteiger charge is -2.25. The van der Waals surface area contributed by atoms with Gasteiger partial charge in [-0.05, 0) is 0 Å². The van der Waals surface area contributed by atoms with E-state index in [1.54, 1.807) is 0 Å². The van der Waals surface area contributed by atoms with Crippen molar-refractivity contribution >= 4 is 24.8 Å². The van der Waals surface area contributed by atoms with Gasteiger partial charge in [-0.2, -0.15) is 18.2 Å². The van der Waals surface area contributed by atoms with Gasteiger partial charge in [0.15, 0.2) is 5.82 Å². The highest BCUT2D eigenvalue weighted by molar-refractivity contribution is 5.85. The molecule has 0 aromatic carbocycles. The quantitative estimate of drug-likeness (QED) is 0.912. The summed E-state index contributed by atoms with van der Waals surface area (Å²) in [5, 5.41) is 6.50. The van der Waals surface area contributed by atoms with Crippen molar-refractivity contribution in [3.63, 3.8) is 0 Å². The van der Waals surface area contributed by atoms with Gasteiger partial charge in [0, 0.05) is 26.2 Å². The van der Waals surface area contributed by atoms with Gasteiger partial charge >= 0.3 is 6.18 Å². The Morgan fingerprint density at radius 2 is 1.84 bits per heavy atom. The molecule has 1 aliphatic heterocycles.